The average Bonchev–Trinajstić information content (AvgIpc) is 2.63. The number of carbonyl (C=O) groups excluding carboxylic acids is 2. The Balaban J connectivity index is 1.63. The molecule has 2 aromatic rings. The van der Waals surface area contributed by atoms with Gasteiger partial charge in [0.05, 0.1) is 0 Å². The Morgan fingerprint density at radius 1 is 1.08 bits per heavy atom. The highest BCUT2D eigenvalue weighted by atomic mass is 19.1. The van der Waals surface area contributed by atoms with E-state index in [2.05, 4.69) is 4.98 Å². The largest absolute Gasteiger partial charge is 0.339 e. The van der Waals surface area contributed by atoms with E-state index in [9.17, 15) is 14.0 Å². The van der Waals surface area contributed by atoms with Crippen LogP contribution in [0.1, 0.15) is 39.1 Å². The zero-order chi connectivity index (χ0) is 17.1. The first-order valence-electron chi connectivity index (χ1n) is 8.06. The molecule has 1 amide bonds. The summed E-state index contributed by atoms with van der Waals surface area (Å²) in [5.41, 5.74) is 1.64. The predicted octanol–water partition coefficient (Wildman–Crippen LogP) is 3.26. The Labute approximate surface area is 140 Å². The van der Waals surface area contributed by atoms with Crippen molar-refractivity contribution in [3.8, 4) is 0 Å². The van der Waals surface area contributed by atoms with Crippen LogP contribution in [0.4, 0.5) is 4.39 Å². The molecule has 5 heteroatoms. The van der Waals surface area contributed by atoms with Crippen molar-refractivity contribution in [2.24, 2.45) is 5.92 Å². The number of ketones is 1. The number of amides is 1. The van der Waals surface area contributed by atoms with Crippen molar-refractivity contribution in [3.63, 3.8) is 0 Å². The van der Waals surface area contributed by atoms with E-state index < -0.39 is 0 Å². The lowest BCUT2D eigenvalue weighted by molar-refractivity contribution is 0.0650. The molecule has 0 aliphatic carbocycles. The van der Waals surface area contributed by atoms with Crippen LogP contribution < -0.4 is 0 Å². The summed E-state index contributed by atoms with van der Waals surface area (Å²) >= 11 is 0. The molecule has 0 saturated carbocycles. The molecule has 0 atom stereocenters. The predicted molar refractivity (Wildman–Crippen MR) is 88.3 cm³/mol. The molecule has 1 aromatic heterocycles. The number of likely N-dealkylation sites (tertiary alicyclic amines) is 1. The van der Waals surface area contributed by atoms with Gasteiger partial charge < -0.3 is 4.90 Å². The second-order valence-electron chi connectivity index (χ2n) is 6.13. The van der Waals surface area contributed by atoms with Gasteiger partial charge in [0.15, 0.2) is 5.78 Å². The highest BCUT2D eigenvalue weighted by Gasteiger charge is 2.28. The van der Waals surface area contributed by atoms with E-state index in [0.29, 0.717) is 42.6 Å². The van der Waals surface area contributed by atoms with Crippen LogP contribution in [0.5, 0.6) is 0 Å². The van der Waals surface area contributed by atoms with Crippen molar-refractivity contribution in [1.82, 2.24) is 9.88 Å². The fraction of sp³-hybridized carbons (Fsp3) is 0.316. The van der Waals surface area contributed by atoms with Gasteiger partial charge in [-0.05, 0) is 55.7 Å². The zero-order valence-electron chi connectivity index (χ0n) is 13.5. The van der Waals surface area contributed by atoms with Crippen molar-refractivity contribution in [3.05, 3.63) is 65.2 Å². The number of rotatable bonds is 3. The minimum atomic E-state index is -0.302. The second-order valence-corrected chi connectivity index (χ2v) is 6.13. The van der Waals surface area contributed by atoms with Crippen LogP contribution in [0.3, 0.4) is 0 Å². The van der Waals surface area contributed by atoms with Crippen molar-refractivity contribution in [2.45, 2.75) is 19.8 Å². The normalized spacial score (nSPS) is 15.3. The van der Waals surface area contributed by atoms with Gasteiger partial charge in [0, 0.05) is 42.5 Å². The molecular formula is C19H19FN2O2. The fourth-order valence-corrected chi connectivity index (χ4v) is 3.06. The van der Waals surface area contributed by atoms with Crippen LogP contribution in [0.15, 0.2) is 42.7 Å². The van der Waals surface area contributed by atoms with Gasteiger partial charge in [-0.3, -0.25) is 14.6 Å². The van der Waals surface area contributed by atoms with Crippen LogP contribution in [0.2, 0.25) is 0 Å². The number of carbonyl (C=O) groups is 2. The molecule has 0 bridgehead atoms. The first kappa shape index (κ1) is 16.3. The van der Waals surface area contributed by atoms with Gasteiger partial charge in [0.25, 0.3) is 5.91 Å². The second kappa shape index (κ2) is 6.91. The molecule has 1 fully saturated rings. The highest BCUT2D eigenvalue weighted by Crippen LogP contribution is 2.23. The molecule has 4 nitrogen and oxygen atoms in total. The molecule has 0 N–H and O–H groups in total. The van der Waals surface area contributed by atoms with Gasteiger partial charge in [-0.1, -0.05) is 0 Å². The van der Waals surface area contributed by atoms with Gasteiger partial charge in [-0.2, -0.15) is 0 Å². The Morgan fingerprint density at radius 3 is 2.38 bits per heavy atom. The number of nitrogens with zero attached hydrogens (tertiary/aromatic N) is 2. The third kappa shape index (κ3) is 3.35. The van der Waals surface area contributed by atoms with Gasteiger partial charge in [0.1, 0.15) is 5.82 Å². The Bertz CT molecular complexity index is 753. The molecule has 3 rings (SSSR count). The van der Waals surface area contributed by atoms with Crippen LogP contribution in [-0.4, -0.2) is 34.7 Å². The summed E-state index contributed by atoms with van der Waals surface area (Å²) in [6.07, 6.45) is 4.46. The summed E-state index contributed by atoms with van der Waals surface area (Å²) in [5, 5.41) is 0. The quantitative estimate of drug-likeness (QED) is 0.814. The van der Waals surface area contributed by atoms with Gasteiger partial charge in [-0.25, -0.2) is 4.39 Å². The number of Topliss-reactive ketones (excluding diaryl/α,β-unsaturated/α-hetero) is 1. The van der Waals surface area contributed by atoms with Crippen molar-refractivity contribution in [2.75, 3.05) is 13.1 Å². The first-order valence-corrected chi connectivity index (χ1v) is 8.06. The topological polar surface area (TPSA) is 50.3 Å². The number of aryl methyl sites for hydroxylation is 1. The smallest absolute Gasteiger partial charge is 0.253 e. The van der Waals surface area contributed by atoms with Crippen LogP contribution in [0.25, 0.3) is 0 Å². The van der Waals surface area contributed by atoms with E-state index in [1.165, 1.54) is 6.07 Å². The van der Waals surface area contributed by atoms with Gasteiger partial charge in [0.2, 0.25) is 0 Å². The number of halogens is 1. The highest BCUT2D eigenvalue weighted by molar-refractivity contribution is 5.98. The monoisotopic (exact) mass is 326 g/mol. The SMILES string of the molecule is Cc1cc(C(=O)C2CCN(C(=O)c3ccncc3)CC2)ccc1F. The fourth-order valence-electron chi connectivity index (χ4n) is 3.06. The molecule has 2 heterocycles. The zero-order valence-corrected chi connectivity index (χ0v) is 13.5. The van der Waals surface area contributed by atoms with E-state index in [-0.39, 0.29) is 23.4 Å². The third-order valence-corrected chi connectivity index (χ3v) is 4.52. The molecule has 124 valence electrons. The third-order valence-electron chi connectivity index (χ3n) is 4.52. The van der Waals surface area contributed by atoms with Gasteiger partial charge in [-0.15, -0.1) is 0 Å². The number of piperidine rings is 1. The molecule has 1 saturated heterocycles. The minimum Gasteiger partial charge on any atom is -0.339 e. The Kier molecular flexibility index (Phi) is 4.69. The first-order chi connectivity index (χ1) is 11.6. The lowest BCUT2D eigenvalue weighted by atomic mass is 9.88. The summed E-state index contributed by atoms with van der Waals surface area (Å²) in [6.45, 7) is 2.76. The van der Waals surface area contributed by atoms with Crippen molar-refractivity contribution >= 4 is 11.7 Å². The lowest BCUT2D eigenvalue weighted by Crippen LogP contribution is -2.40. The van der Waals surface area contributed by atoms with Crippen LogP contribution in [-0.2, 0) is 0 Å². The molecule has 0 radical (unpaired) electrons. The summed E-state index contributed by atoms with van der Waals surface area (Å²) in [4.78, 5) is 30.7. The van der Waals surface area contributed by atoms with E-state index >= 15 is 0 Å². The van der Waals surface area contributed by atoms with E-state index in [1.807, 2.05) is 0 Å². The Hall–Kier alpha value is -2.56. The number of aromatic nitrogens is 1. The van der Waals surface area contributed by atoms with Crippen molar-refractivity contribution < 1.29 is 14.0 Å². The van der Waals surface area contributed by atoms with E-state index in [0.717, 1.165) is 0 Å². The van der Waals surface area contributed by atoms with Crippen LogP contribution >= 0.6 is 0 Å². The maximum absolute atomic E-state index is 13.3. The maximum Gasteiger partial charge on any atom is 0.253 e. The minimum absolute atomic E-state index is 0.0269. The Morgan fingerprint density at radius 2 is 1.75 bits per heavy atom. The molecule has 1 aliphatic rings. The summed E-state index contributed by atoms with van der Waals surface area (Å²) < 4.78 is 13.3. The summed E-state index contributed by atoms with van der Waals surface area (Å²) in [7, 11) is 0. The molecule has 0 spiro atoms. The number of benzene rings is 1. The number of hydrogen-bond acceptors (Lipinski definition) is 3. The number of pyridine rings is 1. The van der Waals surface area contributed by atoms with E-state index in [4.69, 9.17) is 0 Å². The van der Waals surface area contributed by atoms with Crippen molar-refractivity contribution in [1.29, 1.82) is 0 Å². The molecule has 1 aromatic carbocycles. The lowest BCUT2D eigenvalue weighted by Gasteiger charge is -2.31. The van der Waals surface area contributed by atoms with E-state index in [1.54, 1.807) is 48.5 Å². The van der Waals surface area contributed by atoms with Gasteiger partial charge >= 0.3 is 0 Å². The maximum atomic E-state index is 13.3. The molecule has 24 heavy (non-hydrogen) atoms. The standard InChI is InChI=1S/C19H19FN2O2/c1-13-12-16(2-3-17(13)20)18(23)14-6-10-22(11-7-14)19(24)15-4-8-21-9-5-15/h2-5,8-9,12,14H,6-7,10-11H2,1H3. The molecular weight excluding hydrogens is 307 g/mol. The van der Waals surface area contributed by atoms with Crippen LogP contribution in [0, 0.1) is 18.7 Å². The summed E-state index contributed by atoms with van der Waals surface area (Å²) in [5.74, 6) is -0.407. The average molecular weight is 326 g/mol. The summed E-state index contributed by atoms with van der Waals surface area (Å²) in [6, 6.07) is 7.87. The number of hydrogen-bond donors (Lipinski definition) is 0. The molecule has 0 unspecified atom stereocenters. The molecule has 1 aliphatic heterocycles.